The number of hydrogen-bond donors (Lipinski definition) is 1. The van der Waals surface area contributed by atoms with Gasteiger partial charge in [-0.25, -0.2) is 4.39 Å². The Morgan fingerprint density at radius 3 is 2.50 bits per heavy atom. The molecule has 2 nitrogen and oxygen atoms in total. The lowest BCUT2D eigenvalue weighted by Crippen LogP contribution is -2.18. The predicted molar refractivity (Wildman–Crippen MR) is 81.2 cm³/mol. The van der Waals surface area contributed by atoms with Crippen LogP contribution in [0.1, 0.15) is 12.5 Å². The van der Waals surface area contributed by atoms with Crippen molar-refractivity contribution in [2.24, 2.45) is 0 Å². The van der Waals surface area contributed by atoms with Gasteiger partial charge in [0.1, 0.15) is 11.6 Å². The lowest BCUT2D eigenvalue weighted by Gasteiger charge is -2.16. The maximum Gasteiger partial charge on any atom is 0.147 e. The van der Waals surface area contributed by atoms with Gasteiger partial charge in [-0.15, -0.1) is 0 Å². The smallest absolute Gasteiger partial charge is 0.147 e. The van der Waals surface area contributed by atoms with Gasteiger partial charge in [-0.2, -0.15) is 0 Å². The highest BCUT2D eigenvalue weighted by Gasteiger charge is 2.08. The summed E-state index contributed by atoms with van der Waals surface area (Å²) in [6.07, 6.45) is 0.798. The molecule has 0 aliphatic heterocycles. The van der Waals surface area contributed by atoms with Crippen LogP contribution in [0.15, 0.2) is 42.5 Å². The number of nitrogens with one attached hydrogen (secondary N) is 1. The first-order valence-electron chi connectivity index (χ1n) is 6.43. The van der Waals surface area contributed by atoms with E-state index in [1.54, 1.807) is 19.2 Å². The van der Waals surface area contributed by atoms with Crippen molar-refractivity contribution in [1.29, 1.82) is 0 Å². The van der Waals surface area contributed by atoms with Gasteiger partial charge in [-0.1, -0.05) is 23.7 Å². The van der Waals surface area contributed by atoms with Gasteiger partial charge in [0.05, 0.1) is 12.8 Å². The van der Waals surface area contributed by atoms with Crippen molar-refractivity contribution < 1.29 is 9.13 Å². The van der Waals surface area contributed by atoms with Crippen molar-refractivity contribution in [3.05, 3.63) is 58.9 Å². The molecule has 0 saturated carbocycles. The molecule has 1 N–H and O–H groups in total. The van der Waals surface area contributed by atoms with Crippen molar-refractivity contribution in [1.82, 2.24) is 0 Å². The van der Waals surface area contributed by atoms with Crippen molar-refractivity contribution in [2.45, 2.75) is 19.4 Å². The number of hydrogen-bond acceptors (Lipinski definition) is 2. The lowest BCUT2D eigenvalue weighted by atomic mass is 10.1. The summed E-state index contributed by atoms with van der Waals surface area (Å²) in [5.74, 6) is 0.497. The van der Waals surface area contributed by atoms with E-state index in [-0.39, 0.29) is 11.9 Å². The Morgan fingerprint density at radius 1 is 1.20 bits per heavy atom. The first-order chi connectivity index (χ1) is 9.58. The number of halogens is 2. The molecule has 1 atom stereocenters. The fraction of sp³-hybridized carbons (Fsp3) is 0.250. The Morgan fingerprint density at radius 2 is 1.90 bits per heavy atom. The predicted octanol–water partition coefficient (Wildman–Crippen LogP) is 4.53. The third-order valence-corrected chi connectivity index (χ3v) is 3.27. The zero-order valence-corrected chi connectivity index (χ0v) is 12.2. The fourth-order valence-electron chi connectivity index (χ4n) is 2.04. The average Bonchev–Trinajstić information content (AvgIpc) is 2.43. The van der Waals surface area contributed by atoms with E-state index >= 15 is 0 Å². The molecule has 4 heteroatoms. The Balaban J connectivity index is 1.99. The van der Waals surface area contributed by atoms with Crippen LogP contribution in [0.2, 0.25) is 5.02 Å². The monoisotopic (exact) mass is 293 g/mol. The summed E-state index contributed by atoms with van der Waals surface area (Å²) in [4.78, 5) is 0. The summed E-state index contributed by atoms with van der Waals surface area (Å²) in [5, 5.41) is 3.55. The second-order valence-electron chi connectivity index (χ2n) is 4.72. The van der Waals surface area contributed by atoms with E-state index in [2.05, 4.69) is 5.32 Å². The number of methoxy groups -OCH3 is 1. The first-order valence-corrected chi connectivity index (χ1v) is 6.81. The number of rotatable bonds is 5. The molecule has 0 bridgehead atoms. The van der Waals surface area contributed by atoms with Crippen LogP contribution >= 0.6 is 11.6 Å². The van der Waals surface area contributed by atoms with E-state index in [0.717, 1.165) is 12.2 Å². The second kappa shape index (κ2) is 6.62. The molecule has 0 aromatic heterocycles. The van der Waals surface area contributed by atoms with Crippen LogP contribution in [-0.2, 0) is 6.42 Å². The van der Waals surface area contributed by atoms with E-state index in [4.69, 9.17) is 16.3 Å². The Kier molecular flexibility index (Phi) is 4.85. The first kappa shape index (κ1) is 14.7. The van der Waals surface area contributed by atoms with Crippen molar-refractivity contribution in [2.75, 3.05) is 12.4 Å². The van der Waals surface area contributed by atoms with Crippen LogP contribution in [0.25, 0.3) is 0 Å². The van der Waals surface area contributed by atoms with E-state index in [1.165, 1.54) is 11.6 Å². The quantitative estimate of drug-likeness (QED) is 0.874. The molecule has 0 spiro atoms. The molecule has 0 fully saturated rings. The van der Waals surface area contributed by atoms with Gasteiger partial charge < -0.3 is 10.1 Å². The summed E-state index contributed by atoms with van der Waals surface area (Å²) in [6.45, 7) is 2.01. The van der Waals surface area contributed by atoms with Crippen molar-refractivity contribution >= 4 is 17.3 Å². The Hall–Kier alpha value is -1.74. The number of ether oxygens (including phenoxy) is 1. The molecule has 0 amide bonds. The van der Waals surface area contributed by atoms with Gasteiger partial charge in [-0.05, 0) is 49.2 Å². The average molecular weight is 294 g/mol. The molecular weight excluding hydrogens is 277 g/mol. The molecule has 20 heavy (non-hydrogen) atoms. The zero-order chi connectivity index (χ0) is 14.5. The molecule has 0 aliphatic carbocycles. The van der Waals surface area contributed by atoms with Crippen LogP contribution in [0.3, 0.4) is 0 Å². The van der Waals surface area contributed by atoms with Crippen molar-refractivity contribution in [3.8, 4) is 5.75 Å². The summed E-state index contributed by atoms with van der Waals surface area (Å²) in [7, 11) is 1.64. The van der Waals surface area contributed by atoms with Crippen LogP contribution < -0.4 is 10.1 Å². The molecule has 0 radical (unpaired) electrons. The molecule has 1 unspecified atom stereocenters. The molecule has 0 saturated heterocycles. The molecular formula is C16H17ClFNO. The summed E-state index contributed by atoms with van der Waals surface area (Å²) >= 11 is 5.73. The highest BCUT2D eigenvalue weighted by molar-refractivity contribution is 6.30. The lowest BCUT2D eigenvalue weighted by molar-refractivity contribution is 0.414. The molecule has 106 valence electrons. The largest absolute Gasteiger partial charge is 0.497 e. The van der Waals surface area contributed by atoms with E-state index in [1.807, 2.05) is 31.2 Å². The Bertz CT molecular complexity index is 571. The minimum absolute atomic E-state index is 0.110. The second-order valence-corrected chi connectivity index (χ2v) is 5.16. The fourth-order valence-corrected chi connectivity index (χ4v) is 2.20. The normalized spacial score (nSPS) is 12.0. The summed E-state index contributed by atoms with van der Waals surface area (Å²) < 4.78 is 18.8. The van der Waals surface area contributed by atoms with Crippen LogP contribution in [0.4, 0.5) is 10.1 Å². The summed E-state index contributed by atoms with van der Waals surface area (Å²) in [5.41, 5.74) is 1.63. The van der Waals surface area contributed by atoms with Gasteiger partial charge in [0.25, 0.3) is 0 Å². The van der Waals surface area contributed by atoms with E-state index in [0.29, 0.717) is 10.7 Å². The van der Waals surface area contributed by atoms with Gasteiger partial charge in [0, 0.05) is 11.1 Å². The highest BCUT2D eigenvalue weighted by atomic mass is 35.5. The maximum atomic E-state index is 13.7. The van der Waals surface area contributed by atoms with Crippen molar-refractivity contribution in [3.63, 3.8) is 0 Å². The highest BCUT2D eigenvalue weighted by Crippen LogP contribution is 2.20. The van der Waals surface area contributed by atoms with Gasteiger partial charge >= 0.3 is 0 Å². The summed E-state index contributed by atoms with van der Waals surface area (Å²) in [6, 6.07) is 12.6. The Labute approximate surface area is 123 Å². The molecule has 0 aliphatic rings. The maximum absolute atomic E-state index is 13.7. The number of anilines is 1. The number of benzene rings is 2. The topological polar surface area (TPSA) is 21.3 Å². The SMILES string of the molecule is COc1ccc(CC(C)Nc2ccc(Cl)cc2F)cc1. The minimum atomic E-state index is -0.334. The molecule has 2 aromatic rings. The molecule has 2 aromatic carbocycles. The van der Waals surface area contributed by atoms with Crippen LogP contribution in [0.5, 0.6) is 5.75 Å². The minimum Gasteiger partial charge on any atom is -0.497 e. The van der Waals surface area contributed by atoms with Gasteiger partial charge in [0.2, 0.25) is 0 Å². The standard InChI is InChI=1S/C16H17ClFNO/c1-11(9-12-3-6-14(20-2)7-4-12)19-16-8-5-13(17)10-15(16)18/h3-8,10-11,19H,9H2,1-2H3. The van der Waals surface area contributed by atoms with Crippen LogP contribution in [-0.4, -0.2) is 13.2 Å². The third-order valence-electron chi connectivity index (χ3n) is 3.03. The van der Waals surface area contributed by atoms with Gasteiger partial charge in [0.15, 0.2) is 0 Å². The van der Waals surface area contributed by atoms with Gasteiger partial charge in [-0.3, -0.25) is 0 Å². The van der Waals surface area contributed by atoms with E-state index < -0.39 is 0 Å². The molecule has 0 heterocycles. The third kappa shape index (κ3) is 3.87. The molecule has 2 rings (SSSR count). The van der Waals surface area contributed by atoms with E-state index in [9.17, 15) is 4.39 Å². The zero-order valence-electron chi connectivity index (χ0n) is 11.5. The van der Waals surface area contributed by atoms with Crippen LogP contribution in [0, 0.1) is 5.82 Å².